The lowest BCUT2D eigenvalue weighted by Gasteiger charge is -2.13. The molecule has 0 amide bonds. The van der Waals surface area contributed by atoms with E-state index in [1.54, 1.807) is 24.3 Å². The Labute approximate surface area is 125 Å². The topological polar surface area (TPSA) is 38.7 Å². The molecule has 0 atom stereocenters. The Hall–Kier alpha value is -2.21. The van der Waals surface area contributed by atoms with E-state index in [2.05, 4.69) is 0 Å². The third kappa shape index (κ3) is 3.92. The van der Waals surface area contributed by atoms with Crippen LogP contribution in [-0.4, -0.2) is 25.4 Å². The second-order valence-electron chi connectivity index (χ2n) is 4.55. The summed E-state index contributed by atoms with van der Waals surface area (Å²) in [5.41, 5.74) is 0.140. The third-order valence-electron chi connectivity index (χ3n) is 3.00. The number of halogens is 3. The Kier molecular flexibility index (Phi) is 4.92. The molecule has 2 rings (SSSR count). The number of alkyl halides is 3. The van der Waals surface area contributed by atoms with Crippen molar-refractivity contribution in [3.8, 4) is 22.6 Å². The van der Waals surface area contributed by atoms with Crippen molar-refractivity contribution in [2.75, 3.05) is 20.3 Å². The predicted octanol–water partition coefficient (Wildman–Crippen LogP) is 3.75. The summed E-state index contributed by atoms with van der Waals surface area (Å²) in [6, 6.07) is 10.2. The Morgan fingerprint density at radius 1 is 1.00 bits per heavy atom. The molecule has 2 aromatic rings. The van der Waals surface area contributed by atoms with E-state index < -0.39 is 11.7 Å². The van der Waals surface area contributed by atoms with Crippen LogP contribution in [-0.2, 0) is 6.18 Å². The number of hydrogen-bond acceptors (Lipinski definition) is 3. The molecule has 0 fully saturated rings. The maximum Gasteiger partial charge on any atom is 0.416 e. The molecular formula is C16H15F3O3. The number of ether oxygens (including phenoxy) is 2. The Bertz CT molecular complexity index is 639. The molecule has 0 bridgehead atoms. The third-order valence-corrected chi connectivity index (χ3v) is 3.00. The largest absolute Gasteiger partial charge is 0.497 e. The Morgan fingerprint density at radius 2 is 1.73 bits per heavy atom. The van der Waals surface area contributed by atoms with Gasteiger partial charge in [-0.25, -0.2) is 0 Å². The summed E-state index contributed by atoms with van der Waals surface area (Å²) in [4.78, 5) is 0. The molecule has 0 saturated heterocycles. The van der Waals surface area contributed by atoms with Crippen LogP contribution in [0, 0.1) is 0 Å². The van der Waals surface area contributed by atoms with Gasteiger partial charge in [-0.05, 0) is 41.5 Å². The molecule has 0 saturated carbocycles. The van der Waals surface area contributed by atoms with Gasteiger partial charge in [0, 0.05) is 0 Å². The van der Waals surface area contributed by atoms with Gasteiger partial charge in [-0.2, -0.15) is 13.2 Å². The van der Waals surface area contributed by atoms with Crippen molar-refractivity contribution in [3.63, 3.8) is 0 Å². The van der Waals surface area contributed by atoms with Crippen molar-refractivity contribution in [1.29, 1.82) is 0 Å². The maximum atomic E-state index is 13.0. The van der Waals surface area contributed by atoms with Crippen LogP contribution in [0.3, 0.4) is 0 Å². The van der Waals surface area contributed by atoms with E-state index in [1.807, 2.05) is 0 Å². The van der Waals surface area contributed by atoms with Gasteiger partial charge in [0.15, 0.2) is 0 Å². The summed E-state index contributed by atoms with van der Waals surface area (Å²) in [5.74, 6) is 0.606. The highest BCUT2D eigenvalue weighted by Crippen LogP contribution is 2.36. The summed E-state index contributed by atoms with van der Waals surface area (Å²) in [6.07, 6.45) is -4.48. The fourth-order valence-electron chi connectivity index (χ4n) is 1.98. The lowest BCUT2D eigenvalue weighted by molar-refractivity contribution is -0.137. The van der Waals surface area contributed by atoms with Crippen molar-refractivity contribution < 1.29 is 27.8 Å². The van der Waals surface area contributed by atoms with Crippen LogP contribution in [0.25, 0.3) is 11.1 Å². The van der Waals surface area contributed by atoms with Crippen molar-refractivity contribution >= 4 is 0 Å². The van der Waals surface area contributed by atoms with Gasteiger partial charge < -0.3 is 14.6 Å². The molecule has 0 unspecified atom stereocenters. The van der Waals surface area contributed by atoms with Crippen LogP contribution in [0.15, 0.2) is 42.5 Å². The van der Waals surface area contributed by atoms with Gasteiger partial charge in [-0.3, -0.25) is 0 Å². The van der Waals surface area contributed by atoms with E-state index >= 15 is 0 Å². The first-order valence-corrected chi connectivity index (χ1v) is 6.54. The first kappa shape index (κ1) is 16.2. The quantitative estimate of drug-likeness (QED) is 0.914. The van der Waals surface area contributed by atoms with Crippen LogP contribution in [0.1, 0.15) is 5.56 Å². The highest BCUT2D eigenvalue weighted by Gasteiger charge is 2.31. The zero-order chi connectivity index (χ0) is 16.2. The highest BCUT2D eigenvalue weighted by molar-refractivity contribution is 5.67. The van der Waals surface area contributed by atoms with Crippen molar-refractivity contribution in [2.45, 2.75) is 6.18 Å². The lowest BCUT2D eigenvalue weighted by Crippen LogP contribution is -2.07. The number of benzene rings is 2. The molecule has 3 nitrogen and oxygen atoms in total. The molecule has 0 radical (unpaired) electrons. The fraction of sp³-hybridized carbons (Fsp3) is 0.250. The first-order chi connectivity index (χ1) is 10.4. The van der Waals surface area contributed by atoms with Gasteiger partial charge in [-0.15, -0.1) is 0 Å². The summed E-state index contributed by atoms with van der Waals surface area (Å²) >= 11 is 0. The highest BCUT2D eigenvalue weighted by atomic mass is 19.4. The molecule has 0 aromatic heterocycles. The number of aliphatic hydroxyl groups is 1. The summed E-state index contributed by atoms with van der Waals surface area (Å²) in [5, 5.41) is 8.75. The van der Waals surface area contributed by atoms with E-state index in [0.29, 0.717) is 16.9 Å². The van der Waals surface area contributed by atoms with Gasteiger partial charge in [0.2, 0.25) is 0 Å². The number of methoxy groups -OCH3 is 1. The smallest absolute Gasteiger partial charge is 0.416 e. The molecule has 0 aliphatic rings. The number of rotatable bonds is 5. The van der Waals surface area contributed by atoms with E-state index in [1.165, 1.54) is 13.2 Å². The average Bonchev–Trinajstić information content (AvgIpc) is 2.52. The first-order valence-electron chi connectivity index (χ1n) is 6.54. The van der Waals surface area contributed by atoms with E-state index in [-0.39, 0.29) is 19.0 Å². The molecule has 0 spiro atoms. The van der Waals surface area contributed by atoms with Crippen LogP contribution < -0.4 is 9.47 Å². The van der Waals surface area contributed by atoms with Gasteiger partial charge in [-0.1, -0.05) is 12.1 Å². The zero-order valence-corrected chi connectivity index (χ0v) is 11.9. The minimum absolute atomic E-state index is 0.0571. The summed E-state index contributed by atoms with van der Waals surface area (Å²) in [6.45, 7) is -0.344. The zero-order valence-electron chi connectivity index (χ0n) is 11.9. The predicted molar refractivity (Wildman–Crippen MR) is 76.0 cm³/mol. The Balaban J connectivity index is 2.48. The van der Waals surface area contributed by atoms with Crippen LogP contribution in [0.5, 0.6) is 11.5 Å². The van der Waals surface area contributed by atoms with Crippen LogP contribution in [0.2, 0.25) is 0 Å². The molecular weight excluding hydrogens is 297 g/mol. The van der Waals surface area contributed by atoms with E-state index in [9.17, 15) is 13.2 Å². The number of hydrogen-bond donors (Lipinski definition) is 1. The van der Waals surface area contributed by atoms with Crippen molar-refractivity contribution in [3.05, 3.63) is 48.0 Å². The minimum Gasteiger partial charge on any atom is -0.497 e. The van der Waals surface area contributed by atoms with E-state index in [4.69, 9.17) is 14.6 Å². The SMILES string of the molecule is COc1cccc(-c2cc(OCCO)cc(C(F)(F)F)c2)c1. The molecule has 118 valence electrons. The minimum atomic E-state index is -4.48. The molecule has 2 aromatic carbocycles. The molecule has 22 heavy (non-hydrogen) atoms. The summed E-state index contributed by atoms with van der Waals surface area (Å²) < 4.78 is 49.2. The molecule has 6 heteroatoms. The second kappa shape index (κ2) is 6.70. The normalized spacial score (nSPS) is 11.3. The average molecular weight is 312 g/mol. The number of aliphatic hydroxyl groups excluding tert-OH is 1. The maximum absolute atomic E-state index is 13.0. The monoisotopic (exact) mass is 312 g/mol. The second-order valence-corrected chi connectivity index (χ2v) is 4.55. The van der Waals surface area contributed by atoms with Crippen molar-refractivity contribution in [2.24, 2.45) is 0 Å². The Morgan fingerprint density at radius 3 is 2.36 bits per heavy atom. The van der Waals surface area contributed by atoms with Crippen LogP contribution >= 0.6 is 0 Å². The standard InChI is InChI=1S/C16H15F3O3/c1-21-14-4-2-3-11(8-14)12-7-13(16(17,18)19)10-15(9-12)22-6-5-20/h2-4,7-10,20H,5-6H2,1H3. The van der Waals surface area contributed by atoms with Gasteiger partial charge >= 0.3 is 6.18 Å². The van der Waals surface area contributed by atoms with E-state index in [0.717, 1.165) is 12.1 Å². The van der Waals surface area contributed by atoms with Gasteiger partial charge in [0.05, 0.1) is 19.3 Å². The lowest BCUT2D eigenvalue weighted by atomic mass is 10.0. The molecule has 0 aliphatic carbocycles. The van der Waals surface area contributed by atoms with Gasteiger partial charge in [0.1, 0.15) is 18.1 Å². The van der Waals surface area contributed by atoms with Crippen molar-refractivity contribution in [1.82, 2.24) is 0 Å². The molecule has 0 heterocycles. The van der Waals surface area contributed by atoms with Crippen LogP contribution in [0.4, 0.5) is 13.2 Å². The summed E-state index contributed by atoms with van der Waals surface area (Å²) in [7, 11) is 1.49. The van der Waals surface area contributed by atoms with Gasteiger partial charge in [0.25, 0.3) is 0 Å². The molecule has 1 N–H and O–H groups in total. The molecule has 0 aliphatic heterocycles. The fourth-order valence-corrected chi connectivity index (χ4v) is 1.98.